The smallest absolute Gasteiger partial charge is 0.138 e. The normalized spacial score (nSPS) is 12.4. The van der Waals surface area contributed by atoms with Crippen molar-refractivity contribution in [3.05, 3.63) is 52.7 Å². The maximum absolute atomic E-state index is 4.86. The highest BCUT2D eigenvalue weighted by Gasteiger charge is 2.14. The number of benzene rings is 1. The molecule has 1 atom stereocenters. The first-order valence-corrected chi connectivity index (χ1v) is 10.0. The molecular weight excluding hydrogens is 326 g/mol. The number of nitrogens with zero attached hydrogens (tertiary/aromatic N) is 2. The van der Waals surface area contributed by atoms with Crippen LogP contribution in [-0.2, 0) is 6.42 Å². The molecule has 0 saturated heterocycles. The van der Waals surface area contributed by atoms with Crippen molar-refractivity contribution in [2.75, 3.05) is 11.9 Å². The highest BCUT2D eigenvalue weighted by molar-refractivity contribution is 7.18. The molecule has 25 heavy (non-hydrogen) atoms. The summed E-state index contributed by atoms with van der Waals surface area (Å²) in [6.45, 7) is 7.51. The molecule has 2 heterocycles. The molecule has 4 heteroatoms. The van der Waals surface area contributed by atoms with Crippen molar-refractivity contribution in [3.8, 4) is 0 Å². The zero-order chi connectivity index (χ0) is 17.6. The number of nitrogens with one attached hydrogen (secondary N) is 1. The minimum Gasteiger partial charge on any atom is -0.369 e. The molecule has 0 aliphatic heterocycles. The van der Waals surface area contributed by atoms with Crippen LogP contribution in [0.15, 0.2) is 36.4 Å². The third kappa shape index (κ3) is 4.57. The van der Waals surface area contributed by atoms with Crippen LogP contribution in [0, 0.1) is 6.92 Å². The van der Waals surface area contributed by atoms with E-state index in [1.165, 1.54) is 10.4 Å². The number of aryl methyl sites for hydroxylation is 2. The summed E-state index contributed by atoms with van der Waals surface area (Å²) >= 11 is 1.76. The summed E-state index contributed by atoms with van der Waals surface area (Å²) in [6.07, 6.45) is 4.47. The van der Waals surface area contributed by atoms with Gasteiger partial charge >= 0.3 is 0 Å². The monoisotopic (exact) mass is 353 g/mol. The van der Waals surface area contributed by atoms with E-state index < -0.39 is 0 Å². The molecular formula is C21H27N3S. The van der Waals surface area contributed by atoms with Crippen molar-refractivity contribution in [2.24, 2.45) is 0 Å². The molecule has 0 aliphatic carbocycles. The van der Waals surface area contributed by atoms with E-state index in [-0.39, 0.29) is 0 Å². The van der Waals surface area contributed by atoms with E-state index in [1.54, 1.807) is 11.3 Å². The van der Waals surface area contributed by atoms with Gasteiger partial charge in [0.1, 0.15) is 16.5 Å². The summed E-state index contributed by atoms with van der Waals surface area (Å²) in [7, 11) is 0. The van der Waals surface area contributed by atoms with Crippen LogP contribution in [0.2, 0.25) is 0 Å². The zero-order valence-electron chi connectivity index (χ0n) is 15.4. The third-order valence-electron chi connectivity index (χ3n) is 4.47. The van der Waals surface area contributed by atoms with Gasteiger partial charge in [-0.05, 0) is 37.8 Å². The number of aromatic nitrogens is 2. The first-order valence-electron chi connectivity index (χ1n) is 9.23. The van der Waals surface area contributed by atoms with Gasteiger partial charge in [0.25, 0.3) is 0 Å². The second kappa shape index (κ2) is 8.43. The van der Waals surface area contributed by atoms with Crippen LogP contribution in [-0.4, -0.2) is 16.5 Å². The van der Waals surface area contributed by atoms with Gasteiger partial charge in [0.15, 0.2) is 0 Å². The topological polar surface area (TPSA) is 37.8 Å². The van der Waals surface area contributed by atoms with E-state index in [4.69, 9.17) is 9.97 Å². The van der Waals surface area contributed by atoms with Gasteiger partial charge in [-0.1, -0.05) is 50.6 Å². The van der Waals surface area contributed by atoms with E-state index in [9.17, 15) is 0 Å². The number of fused-ring (bicyclic) bond motifs is 1. The highest BCUT2D eigenvalue weighted by atomic mass is 32.1. The van der Waals surface area contributed by atoms with Crippen LogP contribution >= 0.6 is 11.3 Å². The Balaban J connectivity index is 1.72. The summed E-state index contributed by atoms with van der Waals surface area (Å²) in [5.41, 5.74) is 1.39. The molecule has 0 saturated carbocycles. The van der Waals surface area contributed by atoms with Crippen LogP contribution in [0.5, 0.6) is 0 Å². The van der Waals surface area contributed by atoms with Crippen molar-refractivity contribution in [1.82, 2.24) is 9.97 Å². The minimum absolute atomic E-state index is 0.404. The van der Waals surface area contributed by atoms with Gasteiger partial charge in [-0.25, -0.2) is 9.97 Å². The molecule has 2 aromatic heterocycles. The van der Waals surface area contributed by atoms with Gasteiger partial charge in [-0.3, -0.25) is 0 Å². The summed E-state index contributed by atoms with van der Waals surface area (Å²) < 4.78 is 0. The summed E-state index contributed by atoms with van der Waals surface area (Å²) in [5, 5.41) is 4.73. The van der Waals surface area contributed by atoms with Gasteiger partial charge in [-0.15, -0.1) is 11.3 Å². The molecule has 0 spiro atoms. The fourth-order valence-corrected chi connectivity index (χ4v) is 4.01. The predicted molar refractivity (Wildman–Crippen MR) is 109 cm³/mol. The molecule has 0 radical (unpaired) electrons. The van der Waals surface area contributed by atoms with Crippen molar-refractivity contribution < 1.29 is 0 Å². The van der Waals surface area contributed by atoms with Gasteiger partial charge in [0.05, 0.1) is 5.39 Å². The fraction of sp³-hybridized carbons (Fsp3) is 0.429. The van der Waals surface area contributed by atoms with Crippen LogP contribution in [0.3, 0.4) is 0 Å². The Bertz CT molecular complexity index is 811. The van der Waals surface area contributed by atoms with Gasteiger partial charge in [0.2, 0.25) is 0 Å². The number of anilines is 1. The van der Waals surface area contributed by atoms with Crippen molar-refractivity contribution in [3.63, 3.8) is 0 Å². The lowest BCUT2D eigenvalue weighted by Gasteiger charge is -2.12. The largest absolute Gasteiger partial charge is 0.369 e. The second-order valence-electron chi connectivity index (χ2n) is 6.71. The number of hydrogen-bond acceptors (Lipinski definition) is 4. The Morgan fingerprint density at radius 1 is 1.16 bits per heavy atom. The number of hydrogen-bond donors (Lipinski definition) is 1. The Hall–Kier alpha value is -1.94. The molecule has 3 nitrogen and oxygen atoms in total. The molecule has 1 N–H and O–H groups in total. The zero-order valence-corrected chi connectivity index (χ0v) is 16.2. The maximum Gasteiger partial charge on any atom is 0.138 e. The quantitative estimate of drug-likeness (QED) is 0.509. The number of thiophene rings is 1. The summed E-state index contributed by atoms with van der Waals surface area (Å²) in [6, 6.07) is 12.9. The summed E-state index contributed by atoms with van der Waals surface area (Å²) in [4.78, 5) is 12.1. The van der Waals surface area contributed by atoms with Crippen molar-refractivity contribution >= 4 is 27.4 Å². The molecule has 0 amide bonds. The van der Waals surface area contributed by atoms with Crippen LogP contribution < -0.4 is 5.32 Å². The maximum atomic E-state index is 4.86. The highest BCUT2D eigenvalue weighted by Crippen LogP contribution is 2.30. The van der Waals surface area contributed by atoms with E-state index in [0.717, 1.165) is 54.1 Å². The molecule has 1 unspecified atom stereocenters. The molecule has 3 rings (SSSR count). The lowest BCUT2D eigenvalue weighted by Crippen LogP contribution is -2.08. The van der Waals surface area contributed by atoms with Crippen LogP contribution in [0.1, 0.15) is 55.3 Å². The van der Waals surface area contributed by atoms with Gasteiger partial charge in [0, 0.05) is 17.3 Å². The fourth-order valence-electron chi connectivity index (χ4n) is 3.12. The lowest BCUT2D eigenvalue weighted by atomic mass is 10.1. The van der Waals surface area contributed by atoms with E-state index >= 15 is 0 Å². The molecule has 0 fully saturated rings. The second-order valence-corrected chi connectivity index (χ2v) is 7.95. The van der Waals surface area contributed by atoms with Crippen LogP contribution in [0.25, 0.3) is 10.2 Å². The average Bonchev–Trinajstić information content (AvgIpc) is 3.00. The Morgan fingerprint density at radius 2 is 1.96 bits per heavy atom. The lowest BCUT2D eigenvalue weighted by molar-refractivity contribution is 0.630. The van der Waals surface area contributed by atoms with E-state index in [0.29, 0.717) is 5.92 Å². The van der Waals surface area contributed by atoms with E-state index in [1.807, 2.05) is 0 Å². The van der Waals surface area contributed by atoms with Crippen LogP contribution in [0.4, 0.5) is 5.82 Å². The third-order valence-corrected chi connectivity index (χ3v) is 5.42. The number of rotatable bonds is 8. The first-order chi connectivity index (χ1) is 12.2. The first kappa shape index (κ1) is 17.9. The van der Waals surface area contributed by atoms with Gasteiger partial charge < -0.3 is 5.32 Å². The standard InChI is InChI=1S/C21H27N3S/c1-4-9-15(2)19-23-20(18-14-16(3)25-21(18)24-19)22-13-8-12-17-10-6-5-7-11-17/h5-7,10-11,14-15H,4,8-9,12-13H2,1-3H3,(H,22,23,24). The SMILES string of the molecule is CCCC(C)c1nc(NCCCc2ccccc2)c2cc(C)sc2n1. The molecule has 0 aliphatic rings. The molecule has 132 valence electrons. The average molecular weight is 354 g/mol. The predicted octanol–water partition coefficient (Wildman–Crippen LogP) is 5.95. The Kier molecular flexibility index (Phi) is 6.03. The Morgan fingerprint density at radius 3 is 2.72 bits per heavy atom. The van der Waals surface area contributed by atoms with Crippen molar-refractivity contribution in [1.29, 1.82) is 0 Å². The molecule has 3 aromatic rings. The Labute approximate surface area is 154 Å². The van der Waals surface area contributed by atoms with Gasteiger partial charge in [-0.2, -0.15) is 0 Å². The van der Waals surface area contributed by atoms with E-state index in [2.05, 4.69) is 62.5 Å². The molecule has 0 bridgehead atoms. The minimum atomic E-state index is 0.404. The summed E-state index contributed by atoms with van der Waals surface area (Å²) in [5.74, 6) is 2.38. The van der Waals surface area contributed by atoms with Crippen molar-refractivity contribution in [2.45, 2.75) is 52.4 Å². The molecule has 1 aromatic carbocycles.